The number of nitrogens with one attached hydrogen (secondary N) is 4. The number of ether oxygens (including phenoxy) is 2. The van der Waals surface area contributed by atoms with E-state index in [-0.39, 0.29) is 55.1 Å². The molecule has 0 radical (unpaired) electrons. The van der Waals surface area contributed by atoms with Crippen LogP contribution in [0, 0.1) is 42.4 Å². The average molecular weight is 982 g/mol. The number of unbranched alkanes of at least 4 members (excludes halogenated alkanes) is 1. The molecule has 5 amide bonds. The van der Waals surface area contributed by atoms with Crippen LogP contribution in [0.2, 0.25) is 0 Å². The Kier molecular flexibility index (Phi) is 15.9. The van der Waals surface area contributed by atoms with Crippen LogP contribution in [-0.4, -0.2) is 133 Å². The second kappa shape index (κ2) is 22.6. The van der Waals surface area contributed by atoms with Crippen LogP contribution in [0.25, 0.3) is 21.9 Å². The van der Waals surface area contributed by atoms with Crippen LogP contribution >= 0.6 is 0 Å². The number of hydrogen-bond acceptors (Lipinski definition) is 11. The lowest BCUT2D eigenvalue weighted by Gasteiger charge is -2.34. The molecule has 2 aliphatic heterocycles. The number of H-pyrrole nitrogens is 3. The van der Waals surface area contributed by atoms with Gasteiger partial charge < -0.3 is 53.8 Å². The van der Waals surface area contributed by atoms with E-state index in [9.17, 15) is 24.0 Å². The number of amides is 5. The van der Waals surface area contributed by atoms with Crippen molar-refractivity contribution < 1.29 is 37.9 Å². The summed E-state index contributed by atoms with van der Waals surface area (Å²) in [6.45, 7) is 10.8. The molecular formula is C53H63N11O8. The minimum atomic E-state index is -0.805. The third-order valence-electron chi connectivity index (χ3n) is 13.5. The molecule has 5 atom stereocenters. The largest absolute Gasteiger partial charge is 0.456 e. The molecule has 8 rings (SSSR count). The van der Waals surface area contributed by atoms with Crippen LogP contribution in [0.4, 0.5) is 4.79 Å². The van der Waals surface area contributed by atoms with Crippen molar-refractivity contribution in [3.8, 4) is 23.7 Å². The molecule has 0 aliphatic carbocycles. The van der Waals surface area contributed by atoms with E-state index in [1.807, 2.05) is 58.9 Å². The lowest BCUT2D eigenvalue weighted by atomic mass is 10.00. The summed E-state index contributed by atoms with van der Waals surface area (Å²) in [7, 11) is 3.21. The van der Waals surface area contributed by atoms with Crippen LogP contribution in [0.5, 0.6) is 0 Å². The number of benzene rings is 2. The van der Waals surface area contributed by atoms with E-state index < -0.39 is 18.2 Å². The normalized spacial score (nSPS) is 16.9. The average Bonchev–Trinajstić information content (AvgIpc) is 4.23. The molecule has 4 N–H and O–H groups in total. The molecule has 6 aromatic rings. The highest BCUT2D eigenvalue weighted by atomic mass is 16.5. The van der Waals surface area contributed by atoms with Gasteiger partial charge in [-0.2, -0.15) is 0 Å². The zero-order valence-electron chi connectivity index (χ0n) is 41.9. The van der Waals surface area contributed by atoms with Gasteiger partial charge >= 0.3 is 6.09 Å². The molecule has 72 heavy (non-hydrogen) atoms. The Morgan fingerprint density at radius 3 is 1.92 bits per heavy atom. The Labute approximate surface area is 418 Å². The maximum atomic E-state index is 14.1. The van der Waals surface area contributed by atoms with Crippen molar-refractivity contribution in [1.82, 2.24) is 54.8 Å². The molecule has 2 saturated heterocycles. The summed E-state index contributed by atoms with van der Waals surface area (Å²) >= 11 is 0. The van der Waals surface area contributed by atoms with Gasteiger partial charge in [-0.25, -0.2) is 19.7 Å². The molecule has 7 heterocycles. The van der Waals surface area contributed by atoms with Gasteiger partial charge in [-0.1, -0.05) is 39.5 Å². The van der Waals surface area contributed by atoms with Gasteiger partial charge in [0.1, 0.15) is 58.8 Å². The number of nitrogens with zero attached hydrogens (tertiary/aromatic N) is 7. The number of rotatable bonds is 19. The minimum Gasteiger partial charge on any atom is -0.456 e. The quantitative estimate of drug-likeness (QED) is 0.0298. The summed E-state index contributed by atoms with van der Waals surface area (Å²) in [5, 5.41) is 4.52. The van der Waals surface area contributed by atoms with Crippen LogP contribution in [0.1, 0.15) is 136 Å². The van der Waals surface area contributed by atoms with E-state index in [1.165, 1.54) is 12.0 Å². The van der Waals surface area contributed by atoms with Crippen molar-refractivity contribution in [2.75, 3.05) is 40.6 Å². The Hall–Kier alpha value is -7.64. The van der Waals surface area contributed by atoms with E-state index >= 15 is 0 Å². The molecule has 0 spiro atoms. The lowest BCUT2D eigenvalue weighted by molar-refractivity contribution is -0.147. The van der Waals surface area contributed by atoms with Crippen LogP contribution < -0.4 is 5.32 Å². The van der Waals surface area contributed by atoms with Crippen molar-refractivity contribution in [2.24, 2.45) is 11.8 Å². The first-order valence-electron chi connectivity index (χ1n) is 24.6. The van der Waals surface area contributed by atoms with E-state index in [1.54, 1.807) is 40.3 Å². The first-order valence-corrected chi connectivity index (χ1v) is 24.6. The summed E-state index contributed by atoms with van der Waals surface area (Å²) in [5.41, 5.74) is 4.98. The molecule has 1 aromatic carbocycles. The smallest absolute Gasteiger partial charge is 0.407 e. The molecule has 378 valence electrons. The number of carbonyl (C=O) groups excluding carboxylic acids is 5. The summed E-state index contributed by atoms with van der Waals surface area (Å²) in [6, 6.07) is 5.39. The molecular weight excluding hydrogens is 919 g/mol. The summed E-state index contributed by atoms with van der Waals surface area (Å²) < 4.78 is 16.8. The SMILES string of the molecule is COCN(C=O)C(C(=O)N1CCCC1c1ncc(C#Cc2ccc(C#Cc3cnc(C4CCCN4C(=O)C(NC(=O)OCCCCC(c4ncc(C)[nH]4)N(C)C=O)C(C)C)[nH]3)c3c4ccc(o4)c23)[nH]1)C(C)C. The van der Waals surface area contributed by atoms with Gasteiger partial charge in [0.25, 0.3) is 0 Å². The number of aromatic nitrogens is 6. The topological polar surface area (TPSA) is 228 Å². The summed E-state index contributed by atoms with van der Waals surface area (Å²) in [4.78, 5) is 94.5. The molecule has 2 bridgehead atoms. The van der Waals surface area contributed by atoms with Gasteiger partial charge in [0.05, 0.1) is 37.1 Å². The Morgan fingerprint density at radius 1 is 0.806 bits per heavy atom. The number of aryl methyl sites for hydroxylation is 1. The standard InChI is InChI=1S/C53H63N11O8/c1-32(2)46(60-53(69)71-25-9-8-12-39(61(6)29-65)48-54-26-34(5)57-48)51(67)63-23-10-13-40(63)49-55-27-37(58-49)19-17-35-15-16-36(45-43-22-21-42(72-43)44(35)45)18-20-38-28-56-50(59-38)41-14-11-24-64(41)52(68)47(33(3)4)62(30-66)31-70-7/h15-16,21-22,26-30,32-33,39-41,46-47H,8-14,23-25,31H2,1-7H3,(H,54,57)(H,55,58)(H,56,59)(H,60,69). The fourth-order valence-corrected chi connectivity index (χ4v) is 9.95. The molecule has 2 aliphatic rings. The summed E-state index contributed by atoms with van der Waals surface area (Å²) in [6.07, 6.45) is 10.8. The molecule has 19 nitrogen and oxygen atoms in total. The first-order chi connectivity index (χ1) is 34.8. The minimum absolute atomic E-state index is 0.0218. The van der Waals surface area contributed by atoms with E-state index in [0.717, 1.165) is 53.3 Å². The highest BCUT2D eigenvalue weighted by Crippen LogP contribution is 2.37. The molecule has 5 unspecified atom stereocenters. The number of alkyl carbamates (subject to hydrolysis) is 1. The molecule has 2 fully saturated rings. The number of likely N-dealkylation sites (tertiary alicyclic amines) is 2. The van der Waals surface area contributed by atoms with E-state index in [2.05, 4.69) is 58.9 Å². The van der Waals surface area contributed by atoms with Gasteiger partial charge in [-0.15, -0.1) is 0 Å². The number of aromatic amines is 3. The number of hydrogen-bond donors (Lipinski definition) is 4. The lowest BCUT2D eigenvalue weighted by Crippen LogP contribution is -2.51. The molecule has 0 saturated carbocycles. The fourth-order valence-electron chi connectivity index (χ4n) is 9.95. The number of furan rings is 2. The number of methoxy groups -OCH3 is 1. The third-order valence-corrected chi connectivity index (χ3v) is 13.5. The van der Waals surface area contributed by atoms with Gasteiger partial charge in [0, 0.05) is 61.0 Å². The van der Waals surface area contributed by atoms with Crippen molar-refractivity contribution in [3.05, 3.63) is 88.5 Å². The Bertz CT molecular complexity index is 3000. The third kappa shape index (κ3) is 11.0. The maximum absolute atomic E-state index is 14.1. The van der Waals surface area contributed by atoms with Crippen molar-refractivity contribution in [1.29, 1.82) is 0 Å². The van der Waals surface area contributed by atoms with Crippen LogP contribution in [0.3, 0.4) is 0 Å². The van der Waals surface area contributed by atoms with Crippen molar-refractivity contribution in [3.63, 3.8) is 0 Å². The summed E-state index contributed by atoms with van der Waals surface area (Å²) in [5.74, 6) is 14.4. The zero-order chi connectivity index (χ0) is 51.1. The van der Waals surface area contributed by atoms with Gasteiger partial charge in [-0.05, 0) is 99.8 Å². The Balaban J connectivity index is 0.900. The van der Waals surface area contributed by atoms with Gasteiger partial charge in [0.15, 0.2) is 0 Å². The van der Waals surface area contributed by atoms with Crippen LogP contribution in [0.15, 0.2) is 47.3 Å². The highest BCUT2D eigenvalue weighted by molar-refractivity contribution is 6.12. The monoisotopic (exact) mass is 981 g/mol. The van der Waals surface area contributed by atoms with Gasteiger partial charge in [-0.3, -0.25) is 19.2 Å². The second-order valence-electron chi connectivity index (χ2n) is 19.3. The Morgan fingerprint density at radius 2 is 1.40 bits per heavy atom. The van der Waals surface area contributed by atoms with Gasteiger partial charge in [0.2, 0.25) is 24.6 Å². The van der Waals surface area contributed by atoms with E-state index in [4.69, 9.17) is 13.9 Å². The maximum Gasteiger partial charge on any atom is 0.407 e. The first kappa shape index (κ1) is 50.7. The number of fused-ring (bicyclic) bond motifs is 5. The fraction of sp³-hybridized carbons (Fsp3) is 0.472. The second-order valence-corrected chi connectivity index (χ2v) is 19.3. The molecule has 19 heteroatoms. The van der Waals surface area contributed by atoms with Crippen LogP contribution in [-0.2, 0) is 28.7 Å². The predicted octanol–water partition coefficient (Wildman–Crippen LogP) is 6.47. The highest BCUT2D eigenvalue weighted by Gasteiger charge is 2.40. The number of carbonyl (C=O) groups is 5. The predicted molar refractivity (Wildman–Crippen MR) is 267 cm³/mol. The van der Waals surface area contributed by atoms with Crippen molar-refractivity contribution in [2.45, 2.75) is 110 Å². The number of imidazole rings is 3. The molecule has 5 aromatic heterocycles. The van der Waals surface area contributed by atoms with Crippen molar-refractivity contribution >= 4 is 52.7 Å². The van der Waals surface area contributed by atoms with E-state index in [0.29, 0.717) is 85.2 Å². The zero-order valence-corrected chi connectivity index (χ0v) is 41.9.